The number of methoxy groups -OCH3 is 2. The van der Waals surface area contributed by atoms with Gasteiger partial charge in [-0.05, 0) is 62.9 Å². The molecular weight excluding hydrogens is 432 g/mol. The maximum Gasteiger partial charge on any atom is 0.337 e. The highest BCUT2D eigenvalue weighted by Gasteiger charge is 2.29. The van der Waals surface area contributed by atoms with E-state index < -0.39 is 5.60 Å². The Kier molecular flexibility index (Phi) is 6.70. The number of carbonyl (C=O) groups excluding carboxylic acids is 1. The van der Waals surface area contributed by atoms with Gasteiger partial charge in [0, 0.05) is 37.0 Å². The van der Waals surface area contributed by atoms with E-state index in [9.17, 15) is 9.90 Å². The van der Waals surface area contributed by atoms with E-state index in [1.807, 2.05) is 38.1 Å². The summed E-state index contributed by atoms with van der Waals surface area (Å²) in [5, 5.41) is 19.3. The molecule has 2 heterocycles. The molecule has 182 valence electrons. The summed E-state index contributed by atoms with van der Waals surface area (Å²) in [6, 6.07) is 11.8. The number of anilines is 1. The standard InChI is InChI=1S/C26H34N4O4/c1-17-14-19-15-22(33-4)23(34-5)16-21(19)24(28-30(17)25(31)27-3)18-6-8-20(9-7-18)29-12-10-26(2,32)11-13-29/h6-9,15-17,32H,10-14H2,1-5H3,(H,27,31)/t17-/m0/s1. The average Bonchev–Trinajstić information content (AvgIpc) is 2.98. The zero-order valence-electron chi connectivity index (χ0n) is 20.6. The van der Waals surface area contributed by atoms with Gasteiger partial charge in [0.15, 0.2) is 11.5 Å². The van der Waals surface area contributed by atoms with Crippen molar-refractivity contribution >= 4 is 17.4 Å². The van der Waals surface area contributed by atoms with Crippen molar-refractivity contribution in [2.45, 2.75) is 44.8 Å². The summed E-state index contributed by atoms with van der Waals surface area (Å²) in [5.41, 5.74) is 4.09. The number of carbonyl (C=O) groups is 1. The predicted molar refractivity (Wildman–Crippen MR) is 133 cm³/mol. The van der Waals surface area contributed by atoms with Crippen LogP contribution in [0.25, 0.3) is 0 Å². The quantitative estimate of drug-likeness (QED) is 0.721. The summed E-state index contributed by atoms with van der Waals surface area (Å²) >= 11 is 0. The summed E-state index contributed by atoms with van der Waals surface area (Å²) in [4.78, 5) is 14.9. The molecule has 1 saturated heterocycles. The van der Waals surface area contributed by atoms with E-state index in [0.717, 1.165) is 48.3 Å². The van der Waals surface area contributed by atoms with Crippen molar-refractivity contribution in [1.29, 1.82) is 0 Å². The molecule has 0 saturated carbocycles. The number of ether oxygens (including phenoxy) is 2. The van der Waals surface area contributed by atoms with Crippen LogP contribution in [0.5, 0.6) is 11.5 Å². The Hall–Kier alpha value is -3.26. The van der Waals surface area contributed by atoms with Crippen LogP contribution in [-0.2, 0) is 6.42 Å². The molecule has 2 aliphatic heterocycles. The van der Waals surface area contributed by atoms with Crippen LogP contribution >= 0.6 is 0 Å². The highest BCUT2D eigenvalue weighted by Crippen LogP contribution is 2.35. The van der Waals surface area contributed by atoms with Gasteiger partial charge in [0.2, 0.25) is 0 Å². The predicted octanol–water partition coefficient (Wildman–Crippen LogP) is 3.39. The minimum Gasteiger partial charge on any atom is -0.493 e. The smallest absolute Gasteiger partial charge is 0.337 e. The fourth-order valence-electron chi connectivity index (χ4n) is 4.63. The van der Waals surface area contributed by atoms with Gasteiger partial charge < -0.3 is 24.8 Å². The number of hydrogen-bond acceptors (Lipinski definition) is 6. The summed E-state index contributed by atoms with van der Waals surface area (Å²) in [7, 11) is 4.84. The molecule has 0 radical (unpaired) electrons. The maximum atomic E-state index is 12.6. The van der Waals surface area contributed by atoms with Crippen LogP contribution in [0.15, 0.2) is 41.5 Å². The first-order valence-electron chi connectivity index (χ1n) is 11.7. The molecule has 2 aromatic rings. The first-order chi connectivity index (χ1) is 16.3. The number of rotatable bonds is 4. The Bertz CT molecular complexity index is 1070. The number of benzene rings is 2. The van der Waals surface area contributed by atoms with Gasteiger partial charge in [0.05, 0.1) is 31.6 Å². The lowest BCUT2D eigenvalue weighted by molar-refractivity contribution is 0.0351. The second-order valence-corrected chi connectivity index (χ2v) is 9.30. The maximum absolute atomic E-state index is 12.6. The minimum absolute atomic E-state index is 0.144. The number of nitrogens with zero attached hydrogens (tertiary/aromatic N) is 3. The third-order valence-corrected chi connectivity index (χ3v) is 6.77. The molecule has 34 heavy (non-hydrogen) atoms. The van der Waals surface area contributed by atoms with E-state index in [0.29, 0.717) is 23.6 Å². The number of hydrogen-bond donors (Lipinski definition) is 2. The third kappa shape index (κ3) is 4.68. The molecule has 8 nitrogen and oxygen atoms in total. The van der Waals surface area contributed by atoms with Gasteiger partial charge in [-0.25, -0.2) is 9.80 Å². The number of fused-ring (bicyclic) bond motifs is 1. The number of hydrazone groups is 1. The van der Waals surface area contributed by atoms with E-state index in [-0.39, 0.29) is 12.1 Å². The van der Waals surface area contributed by atoms with Gasteiger partial charge in [0.1, 0.15) is 0 Å². The van der Waals surface area contributed by atoms with Crippen molar-refractivity contribution in [3.8, 4) is 11.5 Å². The summed E-state index contributed by atoms with van der Waals surface area (Å²) < 4.78 is 11.1. The molecule has 1 atom stereocenters. The molecular formula is C26H34N4O4. The van der Waals surface area contributed by atoms with E-state index in [1.165, 1.54) is 5.01 Å². The van der Waals surface area contributed by atoms with E-state index >= 15 is 0 Å². The lowest BCUT2D eigenvalue weighted by atomic mass is 9.92. The zero-order valence-corrected chi connectivity index (χ0v) is 20.6. The van der Waals surface area contributed by atoms with Gasteiger partial charge in [0.25, 0.3) is 0 Å². The van der Waals surface area contributed by atoms with Crippen molar-refractivity contribution in [2.75, 3.05) is 39.3 Å². The lowest BCUT2D eigenvalue weighted by Crippen LogP contribution is -2.42. The van der Waals surface area contributed by atoms with E-state index in [1.54, 1.807) is 21.3 Å². The van der Waals surface area contributed by atoms with Crippen molar-refractivity contribution in [1.82, 2.24) is 10.3 Å². The second kappa shape index (κ2) is 9.54. The second-order valence-electron chi connectivity index (χ2n) is 9.30. The van der Waals surface area contributed by atoms with Gasteiger partial charge >= 0.3 is 6.03 Å². The Balaban J connectivity index is 1.75. The summed E-state index contributed by atoms with van der Waals surface area (Å²) in [6.07, 6.45) is 2.12. The normalized spacial score (nSPS) is 19.6. The van der Waals surface area contributed by atoms with Gasteiger partial charge in [-0.1, -0.05) is 12.1 Å². The molecule has 1 fully saturated rings. The molecule has 0 aromatic heterocycles. The van der Waals surface area contributed by atoms with Crippen molar-refractivity contribution in [3.05, 3.63) is 53.1 Å². The van der Waals surface area contributed by atoms with Crippen LogP contribution in [0.2, 0.25) is 0 Å². The SMILES string of the molecule is CNC(=O)N1N=C(c2ccc(N3CCC(C)(O)CC3)cc2)c2cc(OC)c(OC)cc2C[C@@H]1C. The summed E-state index contributed by atoms with van der Waals surface area (Å²) in [5.74, 6) is 1.27. The highest BCUT2D eigenvalue weighted by atomic mass is 16.5. The van der Waals surface area contributed by atoms with Crippen LogP contribution in [0.1, 0.15) is 43.4 Å². The first-order valence-corrected chi connectivity index (χ1v) is 11.7. The van der Waals surface area contributed by atoms with Crippen molar-refractivity contribution in [3.63, 3.8) is 0 Å². The van der Waals surface area contributed by atoms with Gasteiger partial charge in [-0.15, -0.1) is 0 Å². The van der Waals surface area contributed by atoms with Gasteiger partial charge in [-0.2, -0.15) is 5.10 Å². The zero-order chi connectivity index (χ0) is 24.5. The van der Waals surface area contributed by atoms with Crippen LogP contribution in [0, 0.1) is 0 Å². The fourth-order valence-corrected chi connectivity index (χ4v) is 4.63. The average molecular weight is 467 g/mol. The molecule has 2 N–H and O–H groups in total. The number of piperidine rings is 1. The molecule has 8 heteroatoms. The Labute approximate surface area is 201 Å². The highest BCUT2D eigenvalue weighted by molar-refractivity contribution is 6.14. The number of amides is 2. The van der Waals surface area contributed by atoms with Crippen molar-refractivity contribution in [2.24, 2.45) is 5.10 Å². The molecule has 2 amide bonds. The van der Waals surface area contributed by atoms with Crippen LogP contribution in [0.4, 0.5) is 10.5 Å². The molecule has 0 unspecified atom stereocenters. The third-order valence-electron chi connectivity index (χ3n) is 6.77. The molecule has 2 aliphatic rings. The van der Waals surface area contributed by atoms with E-state index in [4.69, 9.17) is 14.6 Å². The molecule has 0 spiro atoms. The molecule has 0 aliphatic carbocycles. The minimum atomic E-state index is -0.588. The Morgan fingerprint density at radius 3 is 2.32 bits per heavy atom. The topological polar surface area (TPSA) is 86.6 Å². The Morgan fingerprint density at radius 2 is 1.74 bits per heavy atom. The van der Waals surface area contributed by atoms with E-state index in [2.05, 4.69) is 22.3 Å². The van der Waals surface area contributed by atoms with Crippen LogP contribution in [-0.4, -0.2) is 67.9 Å². The van der Waals surface area contributed by atoms with Crippen molar-refractivity contribution < 1.29 is 19.4 Å². The largest absolute Gasteiger partial charge is 0.493 e. The Morgan fingerprint density at radius 1 is 1.12 bits per heavy atom. The van der Waals surface area contributed by atoms with Crippen LogP contribution in [0.3, 0.4) is 0 Å². The number of nitrogens with one attached hydrogen (secondary N) is 1. The fraction of sp³-hybridized carbons (Fsp3) is 0.462. The first kappa shape index (κ1) is 23.9. The monoisotopic (exact) mass is 466 g/mol. The van der Waals surface area contributed by atoms with Crippen LogP contribution < -0.4 is 19.7 Å². The molecule has 4 rings (SSSR count). The van der Waals surface area contributed by atoms with Gasteiger partial charge in [-0.3, -0.25) is 0 Å². The number of aliphatic hydroxyl groups is 1. The lowest BCUT2D eigenvalue weighted by Gasteiger charge is -2.37. The summed E-state index contributed by atoms with van der Waals surface area (Å²) in [6.45, 7) is 5.51. The number of urea groups is 1. The molecule has 2 aromatic carbocycles. The molecule has 0 bridgehead atoms.